The Labute approximate surface area is 130 Å². The molecule has 0 aliphatic heterocycles. The molecule has 0 spiro atoms. The lowest BCUT2D eigenvalue weighted by atomic mass is 9.95. The van der Waals surface area contributed by atoms with E-state index >= 15 is 0 Å². The summed E-state index contributed by atoms with van der Waals surface area (Å²) in [6.45, 7) is 0. The zero-order chi connectivity index (χ0) is 14.6. The maximum atomic E-state index is 12.2. The highest BCUT2D eigenvalue weighted by atomic mass is 79.9. The predicted octanol–water partition coefficient (Wildman–Crippen LogP) is 5.02. The van der Waals surface area contributed by atoms with Crippen molar-refractivity contribution >= 4 is 43.3 Å². The fourth-order valence-corrected chi connectivity index (χ4v) is 4.08. The number of ether oxygens (including phenoxy) is 1. The summed E-state index contributed by atoms with van der Waals surface area (Å²) in [5, 5.41) is 4.54. The average molecular weight is 341 g/mol. The number of Topliss-reactive ketones (excluding diaryl/α,β-unsaturated/α-hetero) is 1. The molecule has 3 aromatic rings. The molecule has 0 amide bonds. The van der Waals surface area contributed by atoms with Gasteiger partial charge in [-0.2, -0.15) is 0 Å². The van der Waals surface area contributed by atoms with Crippen LogP contribution in [0, 0.1) is 0 Å². The molecule has 0 aromatic heterocycles. The van der Waals surface area contributed by atoms with Crippen molar-refractivity contribution < 1.29 is 9.53 Å². The number of alkyl halides is 1. The SMILES string of the molecule is COc1cc2c(c3ccc4ccccc4c13)C(Br)CC2=O. The summed E-state index contributed by atoms with van der Waals surface area (Å²) in [4.78, 5) is 12.3. The molecule has 1 aliphatic rings. The Kier molecular flexibility index (Phi) is 2.79. The highest BCUT2D eigenvalue weighted by Crippen LogP contribution is 2.46. The van der Waals surface area contributed by atoms with Gasteiger partial charge in [-0.05, 0) is 27.8 Å². The van der Waals surface area contributed by atoms with Crippen molar-refractivity contribution in [2.45, 2.75) is 11.2 Å². The summed E-state index contributed by atoms with van der Waals surface area (Å²) in [5.74, 6) is 0.954. The van der Waals surface area contributed by atoms with Gasteiger partial charge in [0.2, 0.25) is 0 Å². The lowest BCUT2D eigenvalue weighted by Crippen LogP contribution is -1.95. The van der Waals surface area contributed by atoms with Crippen molar-refractivity contribution in [3.8, 4) is 5.75 Å². The van der Waals surface area contributed by atoms with Crippen molar-refractivity contribution in [1.29, 1.82) is 0 Å². The molecule has 3 aromatic carbocycles. The first kappa shape index (κ1) is 12.8. The van der Waals surface area contributed by atoms with Gasteiger partial charge in [0.25, 0.3) is 0 Å². The molecule has 0 radical (unpaired) electrons. The Bertz CT molecular complexity index is 898. The number of hydrogen-bond acceptors (Lipinski definition) is 2. The number of ketones is 1. The summed E-state index contributed by atoms with van der Waals surface area (Å²) in [6.07, 6.45) is 0.518. The van der Waals surface area contributed by atoms with Gasteiger partial charge in [0.1, 0.15) is 5.75 Å². The minimum Gasteiger partial charge on any atom is -0.496 e. The van der Waals surface area contributed by atoms with Gasteiger partial charge >= 0.3 is 0 Å². The summed E-state index contributed by atoms with van der Waals surface area (Å²) in [7, 11) is 1.66. The molecule has 4 rings (SSSR count). The van der Waals surface area contributed by atoms with Crippen LogP contribution in [0.25, 0.3) is 21.5 Å². The van der Waals surface area contributed by atoms with Crippen molar-refractivity contribution in [1.82, 2.24) is 0 Å². The van der Waals surface area contributed by atoms with Crippen molar-refractivity contribution in [3.05, 3.63) is 53.6 Å². The fraction of sp³-hybridized carbons (Fsp3) is 0.167. The number of benzene rings is 3. The maximum absolute atomic E-state index is 12.2. The van der Waals surface area contributed by atoms with Crippen LogP contribution in [-0.4, -0.2) is 12.9 Å². The van der Waals surface area contributed by atoms with Crippen LogP contribution in [-0.2, 0) is 0 Å². The summed E-state index contributed by atoms with van der Waals surface area (Å²) in [6, 6.07) is 14.4. The Hall–Kier alpha value is -1.87. The van der Waals surface area contributed by atoms with Crippen LogP contribution in [0.4, 0.5) is 0 Å². The number of carbonyl (C=O) groups excluding carboxylic acids is 1. The largest absolute Gasteiger partial charge is 0.496 e. The topological polar surface area (TPSA) is 26.3 Å². The second-order valence-corrected chi connectivity index (χ2v) is 6.45. The first-order valence-corrected chi connectivity index (χ1v) is 7.82. The third kappa shape index (κ3) is 1.74. The number of fused-ring (bicyclic) bond motifs is 5. The van der Waals surface area contributed by atoms with E-state index in [2.05, 4.69) is 40.2 Å². The van der Waals surface area contributed by atoms with E-state index in [1.54, 1.807) is 7.11 Å². The highest BCUT2D eigenvalue weighted by Gasteiger charge is 2.31. The molecule has 1 atom stereocenters. The highest BCUT2D eigenvalue weighted by molar-refractivity contribution is 9.09. The molecule has 1 unspecified atom stereocenters. The van der Waals surface area contributed by atoms with Gasteiger partial charge in [-0.25, -0.2) is 0 Å². The number of carbonyl (C=O) groups is 1. The zero-order valence-corrected chi connectivity index (χ0v) is 13.1. The van der Waals surface area contributed by atoms with E-state index in [4.69, 9.17) is 4.74 Å². The van der Waals surface area contributed by atoms with Gasteiger partial charge < -0.3 is 4.74 Å². The second-order valence-electron chi connectivity index (χ2n) is 5.34. The van der Waals surface area contributed by atoms with Crippen LogP contribution in [0.1, 0.15) is 27.2 Å². The van der Waals surface area contributed by atoms with Crippen LogP contribution in [0.2, 0.25) is 0 Å². The van der Waals surface area contributed by atoms with E-state index < -0.39 is 0 Å². The Balaban J connectivity index is 2.25. The number of hydrogen-bond donors (Lipinski definition) is 0. The van der Waals surface area contributed by atoms with E-state index in [1.807, 2.05) is 18.2 Å². The minimum absolute atomic E-state index is 0.0922. The van der Waals surface area contributed by atoms with Gasteiger partial charge in [0.15, 0.2) is 5.78 Å². The molecule has 1 aliphatic carbocycles. The van der Waals surface area contributed by atoms with Crippen LogP contribution >= 0.6 is 15.9 Å². The van der Waals surface area contributed by atoms with Gasteiger partial charge in [-0.3, -0.25) is 4.79 Å². The number of halogens is 1. The summed E-state index contributed by atoms with van der Waals surface area (Å²) >= 11 is 3.65. The Morgan fingerprint density at radius 2 is 1.95 bits per heavy atom. The Morgan fingerprint density at radius 3 is 2.76 bits per heavy atom. The lowest BCUT2D eigenvalue weighted by molar-refractivity contribution is 0.0994. The van der Waals surface area contributed by atoms with E-state index in [1.165, 1.54) is 5.39 Å². The van der Waals surface area contributed by atoms with Gasteiger partial charge in [-0.1, -0.05) is 52.3 Å². The average Bonchev–Trinajstić information content (AvgIpc) is 2.80. The predicted molar refractivity (Wildman–Crippen MR) is 88.6 cm³/mol. The Morgan fingerprint density at radius 1 is 1.14 bits per heavy atom. The monoisotopic (exact) mass is 340 g/mol. The first-order chi connectivity index (χ1) is 10.2. The smallest absolute Gasteiger partial charge is 0.164 e. The number of rotatable bonds is 1. The summed E-state index contributed by atoms with van der Waals surface area (Å²) in [5.41, 5.74) is 1.89. The van der Waals surface area contributed by atoms with Crippen LogP contribution in [0.5, 0.6) is 5.75 Å². The maximum Gasteiger partial charge on any atom is 0.164 e. The molecule has 104 valence electrons. The molecule has 0 saturated carbocycles. The standard InChI is InChI=1S/C18H13BrO2/c1-21-16-8-13-15(20)9-14(19)17(13)12-7-6-10-4-2-3-5-11(10)18(12)16/h2-8,14H,9H2,1H3. The fourth-order valence-electron chi connectivity index (χ4n) is 3.29. The second kappa shape index (κ2) is 4.57. The van der Waals surface area contributed by atoms with Crippen molar-refractivity contribution in [2.24, 2.45) is 0 Å². The number of methoxy groups -OCH3 is 1. The molecule has 0 fully saturated rings. The van der Waals surface area contributed by atoms with Crippen LogP contribution in [0.3, 0.4) is 0 Å². The van der Waals surface area contributed by atoms with E-state index in [0.29, 0.717) is 6.42 Å². The molecule has 3 heteroatoms. The first-order valence-electron chi connectivity index (χ1n) is 6.90. The lowest BCUT2D eigenvalue weighted by Gasteiger charge is -2.14. The van der Waals surface area contributed by atoms with Crippen LogP contribution < -0.4 is 4.74 Å². The minimum atomic E-state index is 0.0922. The van der Waals surface area contributed by atoms with Crippen molar-refractivity contribution in [3.63, 3.8) is 0 Å². The molecular weight excluding hydrogens is 328 g/mol. The van der Waals surface area contributed by atoms with E-state index in [-0.39, 0.29) is 10.6 Å². The molecule has 0 bridgehead atoms. The third-order valence-corrected chi connectivity index (χ3v) is 5.01. The summed E-state index contributed by atoms with van der Waals surface area (Å²) < 4.78 is 5.58. The van der Waals surface area contributed by atoms with Crippen LogP contribution in [0.15, 0.2) is 42.5 Å². The molecule has 0 N–H and O–H groups in total. The molecule has 0 heterocycles. The molecular formula is C18H13BrO2. The quantitative estimate of drug-likeness (QED) is 0.459. The van der Waals surface area contributed by atoms with E-state index in [0.717, 1.165) is 33.0 Å². The molecule has 21 heavy (non-hydrogen) atoms. The molecule has 0 saturated heterocycles. The van der Waals surface area contributed by atoms with E-state index in [9.17, 15) is 4.79 Å². The van der Waals surface area contributed by atoms with Gasteiger partial charge in [-0.15, -0.1) is 0 Å². The zero-order valence-electron chi connectivity index (χ0n) is 11.5. The molecule has 2 nitrogen and oxygen atoms in total. The van der Waals surface area contributed by atoms with Gasteiger partial charge in [0.05, 0.1) is 7.11 Å². The third-order valence-electron chi connectivity index (χ3n) is 4.23. The normalized spacial score (nSPS) is 17.4. The van der Waals surface area contributed by atoms with Gasteiger partial charge in [0, 0.05) is 22.2 Å². The van der Waals surface area contributed by atoms with Crippen molar-refractivity contribution in [2.75, 3.05) is 7.11 Å².